The smallest absolute Gasteiger partial charge is 0.263 e. The molecule has 2 aromatic heterocycles. The molecule has 6 nitrogen and oxygen atoms in total. The van der Waals surface area contributed by atoms with Gasteiger partial charge in [0.2, 0.25) is 0 Å². The summed E-state index contributed by atoms with van der Waals surface area (Å²) in [4.78, 5) is 20.8. The van der Waals surface area contributed by atoms with Crippen molar-refractivity contribution in [3.05, 3.63) is 44.6 Å². The highest BCUT2D eigenvalue weighted by atomic mass is 32.2. The number of benzene rings is 1. The topological polar surface area (TPSA) is 77.1 Å². The molecular formula is C24H27N3O3S2. The maximum atomic E-state index is 13.6. The van der Waals surface area contributed by atoms with Crippen molar-refractivity contribution in [2.45, 2.75) is 56.6 Å². The molecule has 0 amide bonds. The van der Waals surface area contributed by atoms with Gasteiger partial charge in [0.05, 0.1) is 25.7 Å². The number of nitrogens with zero attached hydrogens (tertiary/aromatic N) is 3. The average Bonchev–Trinajstić information content (AvgIpc) is 3.19. The third kappa shape index (κ3) is 4.64. The molecule has 0 saturated heterocycles. The van der Waals surface area contributed by atoms with E-state index in [1.165, 1.54) is 16.9 Å². The summed E-state index contributed by atoms with van der Waals surface area (Å²) in [6.07, 6.45) is 6.32. The van der Waals surface area contributed by atoms with Gasteiger partial charge in [-0.2, -0.15) is 5.26 Å². The summed E-state index contributed by atoms with van der Waals surface area (Å²) in [6.45, 7) is 0.544. The van der Waals surface area contributed by atoms with Crippen LogP contribution in [0.3, 0.4) is 0 Å². The first-order valence-corrected chi connectivity index (χ1v) is 12.7. The number of aryl methyl sites for hydroxylation is 3. The van der Waals surface area contributed by atoms with Crippen molar-refractivity contribution in [2.24, 2.45) is 0 Å². The van der Waals surface area contributed by atoms with Crippen molar-refractivity contribution in [3.63, 3.8) is 0 Å². The summed E-state index contributed by atoms with van der Waals surface area (Å²) in [6, 6.07) is 8.05. The Balaban J connectivity index is 1.68. The molecule has 0 atom stereocenters. The SMILES string of the molecule is COc1ccc(CCn2c(SCCCC#N)nc3sc4c(c3c2=O)CCCC4)cc1OC. The maximum Gasteiger partial charge on any atom is 0.263 e. The summed E-state index contributed by atoms with van der Waals surface area (Å²) in [5.74, 6) is 2.14. The van der Waals surface area contributed by atoms with E-state index in [2.05, 4.69) is 6.07 Å². The fourth-order valence-electron chi connectivity index (χ4n) is 4.12. The number of fused-ring (bicyclic) bond motifs is 3. The number of methoxy groups -OCH3 is 2. The Hall–Kier alpha value is -2.50. The third-order valence-electron chi connectivity index (χ3n) is 5.78. The molecule has 3 aromatic rings. The lowest BCUT2D eigenvalue weighted by Crippen LogP contribution is -2.25. The first-order valence-electron chi connectivity index (χ1n) is 10.9. The standard InChI is InChI=1S/C24H27N3O3S2/c1-29-18-10-9-16(15-19(18)30-2)11-13-27-23(28)21-17-7-3-4-8-20(17)32-22(21)26-24(27)31-14-6-5-12-25/h9-10,15H,3-8,11,13-14H2,1-2H3. The van der Waals surface area contributed by atoms with E-state index in [9.17, 15) is 4.79 Å². The number of thiophene rings is 1. The van der Waals surface area contributed by atoms with Crippen LogP contribution in [0.25, 0.3) is 10.2 Å². The Morgan fingerprint density at radius 2 is 2.03 bits per heavy atom. The van der Waals surface area contributed by atoms with Gasteiger partial charge in [0, 0.05) is 23.6 Å². The zero-order valence-corrected chi connectivity index (χ0v) is 20.1. The minimum Gasteiger partial charge on any atom is -0.493 e. The molecule has 0 fully saturated rings. The van der Waals surface area contributed by atoms with E-state index >= 15 is 0 Å². The van der Waals surface area contributed by atoms with Gasteiger partial charge in [0.15, 0.2) is 16.7 Å². The van der Waals surface area contributed by atoms with Crippen LogP contribution in [-0.4, -0.2) is 29.5 Å². The molecule has 32 heavy (non-hydrogen) atoms. The van der Waals surface area contributed by atoms with Crippen molar-refractivity contribution >= 4 is 33.3 Å². The molecule has 168 valence electrons. The molecular weight excluding hydrogens is 442 g/mol. The minimum atomic E-state index is 0.0673. The Bertz CT molecular complexity index is 1210. The molecule has 0 spiro atoms. The summed E-state index contributed by atoms with van der Waals surface area (Å²) in [5, 5.41) is 10.4. The fraction of sp³-hybridized carbons (Fsp3) is 0.458. The largest absolute Gasteiger partial charge is 0.493 e. The van der Waals surface area contributed by atoms with Gasteiger partial charge < -0.3 is 9.47 Å². The molecule has 1 aliphatic rings. The van der Waals surface area contributed by atoms with Gasteiger partial charge in [0.25, 0.3) is 5.56 Å². The number of aromatic nitrogens is 2. The predicted molar refractivity (Wildman–Crippen MR) is 129 cm³/mol. The fourth-order valence-corrected chi connectivity index (χ4v) is 6.39. The van der Waals surface area contributed by atoms with Gasteiger partial charge in [-0.25, -0.2) is 4.98 Å². The second-order valence-electron chi connectivity index (χ2n) is 7.79. The highest BCUT2D eigenvalue weighted by Gasteiger charge is 2.22. The van der Waals surface area contributed by atoms with Crippen molar-refractivity contribution in [3.8, 4) is 17.6 Å². The van der Waals surface area contributed by atoms with Crippen LogP contribution in [0.5, 0.6) is 11.5 Å². The lowest BCUT2D eigenvalue weighted by Gasteiger charge is -2.14. The molecule has 0 unspecified atom stereocenters. The van der Waals surface area contributed by atoms with Gasteiger partial charge >= 0.3 is 0 Å². The second-order valence-corrected chi connectivity index (χ2v) is 9.94. The first-order chi connectivity index (χ1) is 15.7. The van der Waals surface area contributed by atoms with Gasteiger partial charge in [0.1, 0.15) is 4.83 Å². The Morgan fingerprint density at radius 3 is 2.81 bits per heavy atom. The van der Waals surface area contributed by atoms with E-state index in [0.717, 1.165) is 52.4 Å². The zero-order chi connectivity index (χ0) is 22.5. The molecule has 8 heteroatoms. The van der Waals surface area contributed by atoms with E-state index in [-0.39, 0.29) is 5.56 Å². The van der Waals surface area contributed by atoms with Crippen molar-refractivity contribution < 1.29 is 9.47 Å². The molecule has 1 aliphatic carbocycles. The lowest BCUT2D eigenvalue weighted by atomic mass is 9.97. The molecule has 0 N–H and O–H groups in total. The summed E-state index contributed by atoms with van der Waals surface area (Å²) in [5.41, 5.74) is 2.36. The number of rotatable bonds is 9. The van der Waals surface area contributed by atoms with Crippen molar-refractivity contribution in [1.82, 2.24) is 9.55 Å². The highest BCUT2D eigenvalue weighted by Crippen LogP contribution is 2.35. The quantitative estimate of drug-likeness (QED) is 0.250. The molecule has 0 saturated carbocycles. The molecule has 0 radical (unpaired) electrons. The number of ether oxygens (including phenoxy) is 2. The zero-order valence-electron chi connectivity index (χ0n) is 18.5. The Kier molecular flexibility index (Phi) is 7.38. The molecule has 1 aromatic carbocycles. The summed E-state index contributed by atoms with van der Waals surface area (Å²) in [7, 11) is 3.25. The van der Waals surface area contributed by atoms with Gasteiger partial charge in [-0.15, -0.1) is 11.3 Å². The van der Waals surface area contributed by atoms with E-state index in [1.54, 1.807) is 37.3 Å². The van der Waals surface area contributed by atoms with Crippen LogP contribution >= 0.6 is 23.1 Å². The third-order valence-corrected chi connectivity index (χ3v) is 8.02. The monoisotopic (exact) mass is 469 g/mol. The minimum absolute atomic E-state index is 0.0673. The van der Waals surface area contributed by atoms with E-state index in [0.29, 0.717) is 30.9 Å². The highest BCUT2D eigenvalue weighted by molar-refractivity contribution is 7.99. The van der Waals surface area contributed by atoms with Crippen LogP contribution in [0, 0.1) is 11.3 Å². The number of hydrogen-bond donors (Lipinski definition) is 0. The second kappa shape index (κ2) is 10.4. The molecule has 0 bridgehead atoms. The van der Waals surface area contributed by atoms with Crippen molar-refractivity contribution in [1.29, 1.82) is 5.26 Å². The van der Waals surface area contributed by atoms with Gasteiger partial charge in [-0.3, -0.25) is 9.36 Å². The number of unbranched alkanes of at least 4 members (excludes halogenated alkanes) is 1. The van der Waals surface area contributed by atoms with E-state index in [4.69, 9.17) is 19.7 Å². The molecule has 0 aliphatic heterocycles. The predicted octanol–water partition coefficient (Wildman–Crippen LogP) is 4.99. The van der Waals surface area contributed by atoms with Crippen molar-refractivity contribution in [2.75, 3.05) is 20.0 Å². The average molecular weight is 470 g/mol. The summed E-state index contributed by atoms with van der Waals surface area (Å²) < 4.78 is 12.6. The van der Waals surface area contributed by atoms with Crippen LogP contribution in [0.4, 0.5) is 0 Å². The lowest BCUT2D eigenvalue weighted by molar-refractivity contribution is 0.354. The van der Waals surface area contributed by atoms with E-state index < -0.39 is 0 Å². The Labute approximate surface area is 196 Å². The first kappa shape index (κ1) is 22.7. The Morgan fingerprint density at radius 1 is 1.22 bits per heavy atom. The normalized spacial score (nSPS) is 13.0. The number of hydrogen-bond acceptors (Lipinski definition) is 7. The number of thioether (sulfide) groups is 1. The van der Waals surface area contributed by atoms with Crippen LogP contribution in [-0.2, 0) is 25.8 Å². The molecule has 4 rings (SSSR count). The maximum absolute atomic E-state index is 13.6. The van der Waals surface area contributed by atoms with Crippen LogP contribution in [0.1, 0.15) is 41.7 Å². The van der Waals surface area contributed by atoms with Gasteiger partial charge in [-0.05, 0) is 61.8 Å². The van der Waals surface area contributed by atoms with Gasteiger partial charge in [-0.1, -0.05) is 17.8 Å². The summed E-state index contributed by atoms with van der Waals surface area (Å²) >= 11 is 3.26. The molecule has 2 heterocycles. The van der Waals surface area contributed by atoms with Crippen LogP contribution in [0.15, 0.2) is 28.2 Å². The van der Waals surface area contributed by atoms with E-state index in [1.807, 2.05) is 22.8 Å². The van der Waals surface area contributed by atoms with Crippen LogP contribution in [0.2, 0.25) is 0 Å². The van der Waals surface area contributed by atoms with Crippen LogP contribution < -0.4 is 15.0 Å². The number of nitriles is 1.